The molecule has 0 radical (unpaired) electrons. The van der Waals surface area contributed by atoms with Crippen LogP contribution in [0.15, 0.2) is 11.6 Å². The van der Waals surface area contributed by atoms with E-state index >= 15 is 0 Å². The van der Waals surface area contributed by atoms with Crippen LogP contribution in [0.4, 0.5) is 0 Å². The van der Waals surface area contributed by atoms with Crippen molar-refractivity contribution >= 4 is 22.6 Å². The maximum atomic E-state index is 5.96. The smallest absolute Gasteiger partial charge is 0.188 e. The molecule has 2 nitrogen and oxygen atoms in total. The molecule has 1 saturated carbocycles. The van der Waals surface area contributed by atoms with Gasteiger partial charge >= 0.3 is 0 Å². The summed E-state index contributed by atoms with van der Waals surface area (Å²) in [5, 5.41) is 0. The first-order valence-corrected chi connectivity index (χ1v) is 11.1. The lowest BCUT2D eigenvalue weighted by Crippen LogP contribution is -2.42. The van der Waals surface area contributed by atoms with Crippen molar-refractivity contribution in [3.05, 3.63) is 11.6 Å². The van der Waals surface area contributed by atoms with Crippen LogP contribution in [-0.2, 0) is 9.47 Å². The third-order valence-corrected chi connectivity index (χ3v) is 7.89. The van der Waals surface area contributed by atoms with Crippen LogP contribution in [0.25, 0.3) is 0 Å². The highest BCUT2D eigenvalue weighted by Gasteiger charge is 2.53. The first-order valence-electron chi connectivity index (χ1n) is 9.57. The van der Waals surface area contributed by atoms with E-state index in [1.54, 1.807) is 5.57 Å². The third-order valence-electron chi connectivity index (χ3n) is 6.53. The molecule has 132 valence electrons. The molecule has 0 aromatic rings. The molecule has 1 aliphatic heterocycles. The van der Waals surface area contributed by atoms with Gasteiger partial charge in [0.05, 0.1) is 13.2 Å². The Hall–Kier alpha value is 0.390. The monoisotopic (exact) mass is 432 g/mol. The van der Waals surface area contributed by atoms with Gasteiger partial charge in [-0.15, -0.1) is 0 Å². The number of hydrogen-bond donors (Lipinski definition) is 0. The minimum Gasteiger partial charge on any atom is -0.344 e. The van der Waals surface area contributed by atoms with E-state index in [0.29, 0.717) is 5.41 Å². The predicted octanol–water partition coefficient (Wildman–Crippen LogP) is 5.74. The largest absolute Gasteiger partial charge is 0.344 e. The fourth-order valence-electron chi connectivity index (χ4n) is 5.20. The molecule has 0 aromatic heterocycles. The summed E-state index contributed by atoms with van der Waals surface area (Å²) in [4.78, 5) is 0. The number of allylic oxidation sites excluding steroid dienone is 1. The fourth-order valence-corrected chi connectivity index (χ4v) is 6.64. The van der Waals surface area contributed by atoms with Gasteiger partial charge in [-0.05, 0) is 43.1 Å². The van der Waals surface area contributed by atoms with E-state index in [9.17, 15) is 0 Å². The summed E-state index contributed by atoms with van der Waals surface area (Å²) in [6, 6.07) is 0. The molecule has 1 saturated heterocycles. The zero-order chi connectivity index (χ0) is 16.5. The Bertz CT molecular complexity index is 439. The van der Waals surface area contributed by atoms with Gasteiger partial charge in [-0.1, -0.05) is 68.2 Å². The van der Waals surface area contributed by atoms with Crippen molar-refractivity contribution in [1.82, 2.24) is 0 Å². The second-order valence-corrected chi connectivity index (χ2v) is 9.18. The summed E-state index contributed by atoms with van der Waals surface area (Å²) in [6.45, 7) is 8.71. The Morgan fingerprint density at radius 2 is 1.91 bits per heavy atom. The Balaban J connectivity index is 1.72. The van der Waals surface area contributed by atoms with E-state index in [4.69, 9.17) is 9.47 Å². The minimum absolute atomic E-state index is 0.361. The Labute approximate surface area is 155 Å². The Morgan fingerprint density at radius 3 is 2.57 bits per heavy atom. The quantitative estimate of drug-likeness (QED) is 0.303. The predicted molar refractivity (Wildman–Crippen MR) is 104 cm³/mol. The lowest BCUT2D eigenvalue weighted by Gasteiger charge is -2.44. The molecule has 0 amide bonds. The fraction of sp³-hybridized carbons (Fsp3) is 0.900. The average molecular weight is 432 g/mol. The molecule has 2 fully saturated rings. The van der Waals surface area contributed by atoms with Crippen LogP contribution in [0.2, 0.25) is 0 Å². The normalized spacial score (nSPS) is 34.0. The van der Waals surface area contributed by atoms with Gasteiger partial charge in [0.2, 0.25) is 0 Å². The van der Waals surface area contributed by atoms with E-state index in [0.717, 1.165) is 37.4 Å². The molecule has 3 aliphatic rings. The summed E-state index contributed by atoms with van der Waals surface area (Å²) >= 11 is 2.64. The summed E-state index contributed by atoms with van der Waals surface area (Å²) in [5.41, 5.74) is 2.08. The van der Waals surface area contributed by atoms with Gasteiger partial charge in [0.25, 0.3) is 0 Å². The van der Waals surface area contributed by atoms with Crippen molar-refractivity contribution in [3.63, 3.8) is 0 Å². The maximum Gasteiger partial charge on any atom is 0.188 e. The van der Waals surface area contributed by atoms with Crippen molar-refractivity contribution in [2.24, 2.45) is 23.2 Å². The van der Waals surface area contributed by atoms with Gasteiger partial charge in [-0.3, -0.25) is 0 Å². The molecule has 3 atom stereocenters. The first-order chi connectivity index (χ1) is 11.0. The molecule has 3 rings (SSSR count). The van der Waals surface area contributed by atoms with Crippen LogP contribution >= 0.6 is 22.6 Å². The van der Waals surface area contributed by atoms with Gasteiger partial charge in [0, 0.05) is 16.3 Å². The zero-order valence-corrected chi connectivity index (χ0v) is 17.2. The number of alkyl halides is 1. The van der Waals surface area contributed by atoms with Gasteiger partial charge in [0.15, 0.2) is 5.79 Å². The third kappa shape index (κ3) is 3.52. The molecule has 0 bridgehead atoms. The van der Waals surface area contributed by atoms with Gasteiger partial charge in [-0.25, -0.2) is 0 Å². The highest BCUT2D eigenvalue weighted by Crippen LogP contribution is 2.59. The first kappa shape index (κ1) is 18.2. The highest BCUT2D eigenvalue weighted by molar-refractivity contribution is 14.1. The lowest BCUT2D eigenvalue weighted by atomic mass is 9.65. The molecular weight excluding hydrogens is 399 g/mol. The highest BCUT2D eigenvalue weighted by atomic mass is 127. The van der Waals surface area contributed by atoms with Crippen LogP contribution < -0.4 is 0 Å². The molecule has 0 N–H and O–H groups in total. The van der Waals surface area contributed by atoms with E-state index in [1.165, 1.54) is 43.0 Å². The molecule has 1 spiro atoms. The number of rotatable bonds is 6. The molecule has 1 heterocycles. The Kier molecular flexibility index (Phi) is 5.79. The molecule has 23 heavy (non-hydrogen) atoms. The van der Waals surface area contributed by atoms with Gasteiger partial charge in [0.1, 0.15) is 0 Å². The number of ether oxygens (including phenoxy) is 2. The standard InChI is InChI=1S/C20H33IO2/c1-15(2)5-4-6-16(3)18-8-7-17-13-20(22-11-12-23-20)10-9-19(17,18)14-21/h13,15-16,18H,4-12,14H2,1-3H3/t16-,18-,19-/m1/s1. The lowest BCUT2D eigenvalue weighted by molar-refractivity contribution is -0.133. The summed E-state index contributed by atoms with van der Waals surface area (Å²) in [7, 11) is 0. The van der Waals surface area contributed by atoms with Crippen LogP contribution in [0, 0.1) is 23.2 Å². The molecular formula is C20H33IO2. The average Bonchev–Trinajstić information content (AvgIpc) is 3.12. The minimum atomic E-state index is -0.361. The second-order valence-electron chi connectivity index (χ2n) is 8.42. The van der Waals surface area contributed by atoms with Crippen LogP contribution in [0.3, 0.4) is 0 Å². The van der Waals surface area contributed by atoms with E-state index in [1.807, 2.05) is 0 Å². The van der Waals surface area contributed by atoms with E-state index in [-0.39, 0.29) is 5.79 Å². The number of halogens is 1. The number of hydrogen-bond acceptors (Lipinski definition) is 2. The van der Waals surface area contributed by atoms with E-state index < -0.39 is 0 Å². The topological polar surface area (TPSA) is 18.5 Å². The molecule has 0 unspecified atom stereocenters. The van der Waals surface area contributed by atoms with Crippen LogP contribution in [0.1, 0.15) is 65.7 Å². The van der Waals surface area contributed by atoms with Crippen molar-refractivity contribution in [2.75, 3.05) is 17.6 Å². The molecule has 2 aliphatic carbocycles. The van der Waals surface area contributed by atoms with Crippen molar-refractivity contribution in [2.45, 2.75) is 71.5 Å². The molecule has 0 aromatic carbocycles. The van der Waals surface area contributed by atoms with Crippen molar-refractivity contribution < 1.29 is 9.47 Å². The summed E-state index contributed by atoms with van der Waals surface area (Å²) in [5.74, 6) is 2.18. The molecule has 3 heteroatoms. The maximum absolute atomic E-state index is 5.96. The SMILES string of the molecule is CC(C)CCC[C@@H](C)[C@H]1CCC2=CC3(CC[C@@]21CI)OCCO3. The second kappa shape index (κ2) is 7.33. The van der Waals surface area contributed by atoms with Gasteiger partial charge < -0.3 is 9.47 Å². The zero-order valence-electron chi connectivity index (χ0n) is 15.1. The summed E-state index contributed by atoms with van der Waals surface area (Å²) < 4.78 is 13.2. The number of fused-ring (bicyclic) bond motifs is 1. The van der Waals surface area contributed by atoms with Crippen molar-refractivity contribution in [3.8, 4) is 0 Å². The van der Waals surface area contributed by atoms with Crippen LogP contribution in [0.5, 0.6) is 0 Å². The Morgan fingerprint density at radius 1 is 1.17 bits per heavy atom. The summed E-state index contributed by atoms with van der Waals surface area (Å²) in [6.07, 6.45) is 11.5. The van der Waals surface area contributed by atoms with Gasteiger partial charge in [-0.2, -0.15) is 0 Å². The van der Waals surface area contributed by atoms with E-state index in [2.05, 4.69) is 49.4 Å². The van der Waals surface area contributed by atoms with Crippen molar-refractivity contribution in [1.29, 1.82) is 0 Å². The van der Waals surface area contributed by atoms with Crippen LogP contribution in [-0.4, -0.2) is 23.4 Å².